The molecule has 2 aliphatic heterocycles. The molecule has 10 heteroatoms. The molecule has 0 amide bonds. The van der Waals surface area contributed by atoms with E-state index < -0.39 is 39.3 Å². The number of hydrogen-bond acceptors (Lipinski definition) is 7. The first-order valence-corrected chi connectivity index (χ1v) is 11.4. The second kappa shape index (κ2) is 7.75. The number of benzene rings is 2. The minimum absolute atomic E-state index is 0.0215. The van der Waals surface area contributed by atoms with Crippen molar-refractivity contribution in [3.8, 4) is 0 Å². The molecule has 0 aromatic heterocycles. The molecule has 0 radical (unpaired) electrons. The maximum atomic E-state index is 13.5. The third-order valence-corrected chi connectivity index (χ3v) is 6.66. The average molecular weight is 478 g/mol. The van der Waals surface area contributed by atoms with E-state index in [1.807, 2.05) is 0 Å². The van der Waals surface area contributed by atoms with Crippen LogP contribution in [0.3, 0.4) is 0 Å². The molecule has 1 unspecified atom stereocenters. The Morgan fingerprint density at radius 3 is 2.47 bits per heavy atom. The monoisotopic (exact) mass is 477 g/mol. The number of esters is 1. The molecular formula is C22H20ClNO7S. The maximum Gasteiger partial charge on any atom is 0.360 e. The van der Waals surface area contributed by atoms with Gasteiger partial charge in [0, 0.05) is 5.56 Å². The summed E-state index contributed by atoms with van der Waals surface area (Å²) in [6, 6.07) is 12.5. The Labute approximate surface area is 190 Å². The van der Waals surface area contributed by atoms with E-state index in [0.29, 0.717) is 14.9 Å². The van der Waals surface area contributed by atoms with E-state index in [-0.39, 0.29) is 16.3 Å². The molecule has 4 rings (SSSR count). The van der Waals surface area contributed by atoms with Crippen molar-refractivity contribution in [3.63, 3.8) is 0 Å². The number of rotatable bonds is 3. The largest absolute Gasteiger partial charge is 0.505 e. The van der Waals surface area contributed by atoms with Crippen LogP contribution >= 0.6 is 11.6 Å². The molecule has 168 valence electrons. The van der Waals surface area contributed by atoms with Crippen LogP contribution in [0.15, 0.2) is 71.3 Å². The lowest BCUT2D eigenvalue weighted by Crippen LogP contribution is -2.40. The summed E-state index contributed by atoms with van der Waals surface area (Å²) in [6.07, 6.45) is 0.00465. The average Bonchev–Trinajstić information content (AvgIpc) is 3.18. The molecule has 0 fully saturated rings. The number of sulfonamides is 1. The number of aliphatic hydroxyl groups excluding tert-OH is 1. The minimum Gasteiger partial charge on any atom is -0.505 e. The van der Waals surface area contributed by atoms with E-state index in [1.165, 1.54) is 18.2 Å². The van der Waals surface area contributed by atoms with E-state index in [0.717, 1.165) is 6.26 Å². The smallest absolute Gasteiger partial charge is 0.360 e. The number of hydrogen-bond donors (Lipinski definition) is 1. The SMILES string of the molecule is CC(C)(C)OC(=O)C1=C(O)c2ccccc2S(=O)(=O)N1C1=COC(c2ccccc2Cl)O1. The number of aliphatic hydroxyl groups is 1. The fraction of sp³-hybridized carbons (Fsp3) is 0.227. The minimum atomic E-state index is -4.36. The molecule has 0 aliphatic carbocycles. The zero-order valence-corrected chi connectivity index (χ0v) is 19.0. The van der Waals surface area contributed by atoms with Crippen LogP contribution in [0.5, 0.6) is 0 Å². The number of halogens is 1. The molecule has 2 heterocycles. The maximum absolute atomic E-state index is 13.5. The standard InChI is InChI=1S/C22H20ClNO7S/c1-22(2,3)31-20(26)18-19(25)14-9-5-7-11-16(14)32(27,28)24(18)17-12-29-21(30-17)13-8-4-6-10-15(13)23/h4-12,21,25H,1-3H3. The second-order valence-corrected chi connectivity index (χ2v) is 10.2. The van der Waals surface area contributed by atoms with Crippen LogP contribution < -0.4 is 0 Å². The van der Waals surface area contributed by atoms with Crippen molar-refractivity contribution in [2.75, 3.05) is 0 Å². The molecule has 0 saturated heterocycles. The van der Waals surface area contributed by atoms with Gasteiger partial charge >= 0.3 is 5.97 Å². The fourth-order valence-corrected chi connectivity index (χ4v) is 5.09. The number of nitrogens with zero attached hydrogens (tertiary/aromatic N) is 1. The van der Waals surface area contributed by atoms with E-state index in [9.17, 15) is 18.3 Å². The van der Waals surface area contributed by atoms with Gasteiger partial charge in [0.2, 0.25) is 5.88 Å². The topological polar surface area (TPSA) is 102 Å². The molecule has 0 bridgehead atoms. The van der Waals surface area contributed by atoms with Gasteiger partial charge in [0.25, 0.3) is 16.3 Å². The Kier molecular flexibility index (Phi) is 5.34. The number of carbonyl (C=O) groups excluding carboxylic acids is 1. The lowest BCUT2D eigenvalue weighted by Gasteiger charge is -2.32. The second-order valence-electron chi connectivity index (χ2n) is 8.03. The van der Waals surface area contributed by atoms with Crippen LogP contribution in [0.4, 0.5) is 0 Å². The number of carbonyl (C=O) groups is 1. The molecule has 32 heavy (non-hydrogen) atoms. The Morgan fingerprint density at radius 2 is 1.78 bits per heavy atom. The third kappa shape index (κ3) is 3.78. The third-order valence-electron chi connectivity index (χ3n) is 4.56. The lowest BCUT2D eigenvalue weighted by atomic mass is 10.1. The highest BCUT2D eigenvalue weighted by molar-refractivity contribution is 7.89. The molecule has 2 aliphatic rings. The summed E-state index contributed by atoms with van der Waals surface area (Å²) in [4.78, 5) is 12.8. The van der Waals surface area contributed by atoms with Gasteiger partial charge in [-0.05, 0) is 39.0 Å². The molecule has 0 spiro atoms. The van der Waals surface area contributed by atoms with Gasteiger partial charge in [-0.1, -0.05) is 41.9 Å². The van der Waals surface area contributed by atoms with Crippen LogP contribution in [0, 0.1) is 0 Å². The van der Waals surface area contributed by atoms with Crippen molar-refractivity contribution < 1.29 is 32.5 Å². The Morgan fingerprint density at radius 1 is 1.12 bits per heavy atom. The Balaban J connectivity index is 1.81. The zero-order valence-electron chi connectivity index (χ0n) is 17.4. The predicted octanol–water partition coefficient (Wildman–Crippen LogP) is 4.46. The summed E-state index contributed by atoms with van der Waals surface area (Å²) in [5, 5.41) is 11.3. The van der Waals surface area contributed by atoms with Crippen LogP contribution in [0.2, 0.25) is 5.02 Å². The van der Waals surface area contributed by atoms with Gasteiger partial charge in [-0.15, -0.1) is 0 Å². The van der Waals surface area contributed by atoms with Gasteiger partial charge in [-0.25, -0.2) is 13.2 Å². The van der Waals surface area contributed by atoms with Crippen molar-refractivity contribution in [3.05, 3.63) is 82.5 Å². The van der Waals surface area contributed by atoms with E-state index in [1.54, 1.807) is 51.1 Å². The first-order chi connectivity index (χ1) is 15.0. The van der Waals surface area contributed by atoms with E-state index in [2.05, 4.69) is 0 Å². The van der Waals surface area contributed by atoms with Gasteiger partial charge in [-0.2, -0.15) is 4.31 Å². The van der Waals surface area contributed by atoms with Crippen LogP contribution in [-0.2, 0) is 29.0 Å². The molecule has 1 atom stereocenters. The molecule has 8 nitrogen and oxygen atoms in total. The molecule has 2 aromatic carbocycles. The van der Waals surface area contributed by atoms with E-state index >= 15 is 0 Å². The van der Waals surface area contributed by atoms with Crippen molar-refractivity contribution in [2.45, 2.75) is 37.6 Å². The normalized spacial score (nSPS) is 19.6. The first kappa shape index (κ1) is 22.0. The molecule has 2 aromatic rings. The summed E-state index contributed by atoms with van der Waals surface area (Å²) in [7, 11) is -4.36. The molecule has 1 N–H and O–H groups in total. The molecular weight excluding hydrogens is 458 g/mol. The summed E-state index contributed by atoms with van der Waals surface area (Å²) >= 11 is 6.20. The van der Waals surface area contributed by atoms with Gasteiger partial charge in [0.05, 0.1) is 15.5 Å². The van der Waals surface area contributed by atoms with Crippen LogP contribution in [0.25, 0.3) is 5.76 Å². The lowest BCUT2D eigenvalue weighted by molar-refractivity contribution is -0.151. The van der Waals surface area contributed by atoms with Crippen molar-refractivity contribution >= 4 is 33.4 Å². The summed E-state index contributed by atoms with van der Waals surface area (Å²) in [6.45, 7) is 4.88. The highest BCUT2D eigenvalue weighted by atomic mass is 35.5. The van der Waals surface area contributed by atoms with Crippen molar-refractivity contribution in [1.82, 2.24) is 4.31 Å². The molecule has 0 saturated carbocycles. The zero-order chi connectivity index (χ0) is 23.3. The van der Waals surface area contributed by atoms with Gasteiger partial charge < -0.3 is 19.3 Å². The summed E-state index contributed by atoms with van der Waals surface area (Å²) < 4.78 is 44.2. The number of fused-ring (bicyclic) bond motifs is 1. The Hall–Kier alpha value is -3.17. The highest BCUT2D eigenvalue weighted by Crippen LogP contribution is 2.42. The van der Waals surface area contributed by atoms with Crippen molar-refractivity contribution in [2.24, 2.45) is 0 Å². The quantitative estimate of drug-likeness (QED) is 0.651. The van der Waals surface area contributed by atoms with Gasteiger partial charge in [0.1, 0.15) is 11.9 Å². The van der Waals surface area contributed by atoms with Crippen LogP contribution in [0.1, 0.15) is 38.2 Å². The highest BCUT2D eigenvalue weighted by Gasteiger charge is 2.46. The van der Waals surface area contributed by atoms with Gasteiger partial charge in [-0.3, -0.25) is 0 Å². The Bertz CT molecular complexity index is 1260. The summed E-state index contributed by atoms with van der Waals surface area (Å²) in [5.74, 6) is -1.93. The fourth-order valence-electron chi connectivity index (χ4n) is 3.25. The van der Waals surface area contributed by atoms with Gasteiger partial charge in [0.15, 0.2) is 11.5 Å². The predicted molar refractivity (Wildman–Crippen MR) is 115 cm³/mol. The summed E-state index contributed by atoms with van der Waals surface area (Å²) in [5.41, 5.74) is -1.11. The van der Waals surface area contributed by atoms with E-state index in [4.69, 9.17) is 25.8 Å². The first-order valence-electron chi connectivity index (χ1n) is 9.59. The number of ether oxygens (including phenoxy) is 3. The van der Waals surface area contributed by atoms with Crippen LogP contribution in [-0.4, -0.2) is 29.4 Å². The van der Waals surface area contributed by atoms with Crippen molar-refractivity contribution in [1.29, 1.82) is 0 Å².